The molecule has 1 unspecified atom stereocenters. The highest BCUT2D eigenvalue weighted by Crippen LogP contribution is 2.44. The van der Waals surface area contributed by atoms with Crippen LogP contribution in [0.15, 0.2) is 36.8 Å². The summed E-state index contributed by atoms with van der Waals surface area (Å²) in [5.74, 6) is 1.07. The smallest absolute Gasteiger partial charge is 0.138 e. The van der Waals surface area contributed by atoms with Gasteiger partial charge in [-0.1, -0.05) is 0 Å². The van der Waals surface area contributed by atoms with E-state index in [-0.39, 0.29) is 5.41 Å². The molecule has 1 aliphatic heterocycles. The zero-order valence-corrected chi connectivity index (χ0v) is 13.0. The second-order valence-electron chi connectivity index (χ2n) is 6.78. The third kappa shape index (κ3) is 1.89. The normalized spacial score (nSPS) is 23.6. The van der Waals surface area contributed by atoms with Crippen LogP contribution in [0, 0.1) is 0 Å². The number of nitrogens with zero attached hydrogens (tertiary/aromatic N) is 4. The van der Waals surface area contributed by atoms with Crippen molar-refractivity contribution in [3.63, 3.8) is 0 Å². The minimum absolute atomic E-state index is 0.218. The lowest BCUT2D eigenvalue weighted by molar-refractivity contribution is 0.332. The Bertz CT molecular complexity index is 865. The monoisotopic (exact) mass is 305 g/mol. The Morgan fingerprint density at radius 1 is 1.13 bits per heavy atom. The number of aromatic amines is 1. The molecular formula is C18H19N5. The van der Waals surface area contributed by atoms with E-state index in [0.717, 1.165) is 36.2 Å². The van der Waals surface area contributed by atoms with Crippen molar-refractivity contribution in [3.05, 3.63) is 48.0 Å². The maximum Gasteiger partial charge on any atom is 0.138 e. The molecule has 0 aromatic carbocycles. The van der Waals surface area contributed by atoms with Crippen LogP contribution in [0.25, 0.3) is 10.9 Å². The van der Waals surface area contributed by atoms with Gasteiger partial charge in [-0.05, 0) is 49.4 Å². The van der Waals surface area contributed by atoms with Crippen molar-refractivity contribution < 1.29 is 0 Å². The number of nitrogens with one attached hydrogen (secondary N) is 1. The summed E-state index contributed by atoms with van der Waals surface area (Å²) in [6.07, 6.45) is 10.5. The fourth-order valence-corrected chi connectivity index (χ4v) is 4.42. The summed E-state index contributed by atoms with van der Waals surface area (Å²) < 4.78 is 0. The number of rotatable bonds is 1. The lowest BCUT2D eigenvalue weighted by Crippen LogP contribution is -2.45. The fourth-order valence-electron chi connectivity index (χ4n) is 4.42. The summed E-state index contributed by atoms with van der Waals surface area (Å²) in [5, 5.41) is 8.70. The van der Waals surface area contributed by atoms with Gasteiger partial charge in [0.1, 0.15) is 5.82 Å². The van der Waals surface area contributed by atoms with Crippen molar-refractivity contribution in [2.24, 2.45) is 0 Å². The summed E-state index contributed by atoms with van der Waals surface area (Å²) in [4.78, 5) is 11.6. The number of fused-ring (bicyclic) bond motifs is 3. The van der Waals surface area contributed by atoms with Gasteiger partial charge < -0.3 is 4.90 Å². The molecule has 1 fully saturated rings. The largest absolute Gasteiger partial charge is 0.355 e. The first-order valence-electron chi connectivity index (χ1n) is 8.33. The Morgan fingerprint density at radius 3 is 3.13 bits per heavy atom. The Labute approximate surface area is 134 Å². The molecule has 1 saturated heterocycles. The highest BCUT2D eigenvalue weighted by molar-refractivity contribution is 5.89. The zero-order valence-electron chi connectivity index (χ0n) is 13.0. The van der Waals surface area contributed by atoms with Crippen LogP contribution >= 0.6 is 0 Å². The van der Waals surface area contributed by atoms with Gasteiger partial charge in [0.15, 0.2) is 0 Å². The molecule has 4 heterocycles. The Kier molecular flexibility index (Phi) is 2.71. The van der Waals surface area contributed by atoms with Gasteiger partial charge in [-0.25, -0.2) is 4.98 Å². The van der Waals surface area contributed by atoms with Crippen molar-refractivity contribution >= 4 is 16.7 Å². The molecule has 3 aromatic heterocycles. The molecule has 5 nitrogen and oxygen atoms in total. The molecule has 0 amide bonds. The Balaban J connectivity index is 1.57. The van der Waals surface area contributed by atoms with Gasteiger partial charge in [0.2, 0.25) is 0 Å². The van der Waals surface area contributed by atoms with Crippen LogP contribution in [0.3, 0.4) is 0 Å². The molecule has 5 heteroatoms. The zero-order chi connectivity index (χ0) is 15.3. The highest BCUT2D eigenvalue weighted by atomic mass is 15.2. The van der Waals surface area contributed by atoms with E-state index in [1.165, 1.54) is 30.5 Å². The molecule has 116 valence electrons. The SMILES string of the molecule is c1cnc2ccnc(N3CCCC4(CCc5cn[nH]c54)C3)c2c1. The van der Waals surface area contributed by atoms with E-state index < -0.39 is 0 Å². The van der Waals surface area contributed by atoms with Crippen LogP contribution in [-0.4, -0.2) is 33.3 Å². The Morgan fingerprint density at radius 2 is 2.13 bits per heavy atom. The van der Waals surface area contributed by atoms with Crippen LogP contribution < -0.4 is 4.90 Å². The molecule has 1 aliphatic carbocycles. The lowest BCUT2D eigenvalue weighted by Gasteiger charge is -2.41. The van der Waals surface area contributed by atoms with Crippen LogP contribution in [0.5, 0.6) is 0 Å². The minimum Gasteiger partial charge on any atom is -0.355 e. The molecule has 0 bridgehead atoms. The molecule has 2 aliphatic rings. The summed E-state index contributed by atoms with van der Waals surface area (Å²) in [6.45, 7) is 2.08. The van der Waals surface area contributed by atoms with E-state index in [2.05, 4.69) is 31.1 Å². The maximum absolute atomic E-state index is 4.69. The lowest BCUT2D eigenvalue weighted by atomic mass is 9.77. The molecule has 0 saturated carbocycles. The van der Waals surface area contributed by atoms with E-state index in [1.54, 1.807) is 0 Å². The number of hydrogen-bond donors (Lipinski definition) is 1. The summed E-state index contributed by atoms with van der Waals surface area (Å²) >= 11 is 0. The summed E-state index contributed by atoms with van der Waals surface area (Å²) in [6, 6.07) is 6.11. The molecule has 5 rings (SSSR count). The number of hydrogen-bond acceptors (Lipinski definition) is 4. The van der Waals surface area contributed by atoms with Gasteiger partial charge in [-0.3, -0.25) is 10.1 Å². The van der Waals surface area contributed by atoms with Crippen molar-refractivity contribution in [1.29, 1.82) is 0 Å². The van der Waals surface area contributed by atoms with Crippen molar-refractivity contribution in [2.45, 2.75) is 31.1 Å². The van der Waals surface area contributed by atoms with Crippen molar-refractivity contribution in [3.8, 4) is 0 Å². The molecule has 1 atom stereocenters. The van der Waals surface area contributed by atoms with Crippen molar-refractivity contribution in [2.75, 3.05) is 18.0 Å². The second kappa shape index (κ2) is 4.78. The number of H-pyrrole nitrogens is 1. The summed E-state index contributed by atoms with van der Waals surface area (Å²) in [5.41, 5.74) is 4.00. The van der Waals surface area contributed by atoms with Crippen molar-refractivity contribution in [1.82, 2.24) is 20.2 Å². The number of aromatic nitrogens is 4. The Hall–Kier alpha value is -2.43. The third-order valence-corrected chi connectivity index (χ3v) is 5.51. The van der Waals surface area contributed by atoms with E-state index in [0.29, 0.717) is 0 Å². The molecule has 1 N–H and O–H groups in total. The number of anilines is 1. The predicted octanol–water partition coefficient (Wildman–Crippen LogP) is 2.84. The van der Waals surface area contributed by atoms with Gasteiger partial charge in [-0.15, -0.1) is 0 Å². The van der Waals surface area contributed by atoms with E-state index in [4.69, 9.17) is 0 Å². The predicted molar refractivity (Wildman–Crippen MR) is 89.6 cm³/mol. The van der Waals surface area contributed by atoms with Crippen LogP contribution in [0.1, 0.15) is 30.5 Å². The van der Waals surface area contributed by atoms with E-state index in [9.17, 15) is 0 Å². The quantitative estimate of drug-likeness (QED) is 0.751. The van der Waals surface area contributed by atoms with E-state index in [1.807, 2.05) is 30.7 Å². The highest BCUT2D eigenvalue weighted by Gasteiger charge is 2.43. The molecule has 23 heavy (non-hydrogen) atoms. The molecule has 0 radical (unpaired) electrons. The topological polar surface area (TPSA) is 57.7 Å². The van der Waals surface area contributed by atoms with Gasteiger partial charge >= 0.3 is 0 Å². The van der Waals surface area contributed by atoms with Gasteiger partial charge in [0.05, 0.1) is 11.7 Å². The molecular weight excluding hydrogens is 286 g/mol. The number of piperidine rings is 1. The second-order valence-corrected chi connectivity index (χ2v) is 6.78. The first-order chi connectivity index (χ1) is 11.4. The van der Waals surface area contributed by atoms with Crippen LogP contribution in [0.2, 0.25) is 0 Å². The van der Waals surface area contributed by atoms with Crippen LogP contribution in [0.4, 0.5) is 5.82 Å². The maximum atomic E-state index is 4.69. The number of pyridine rings is 2. The van der Waals surface area contributed by atoms with Crippen LogP contribution in [-0.2, 0) is 11.8 Å². The van der Waals surface area contributed by atoms with Gasteiger partial charge in [0.25, 0.3) is 0 Å². The number of aryl methyl sites for hydroxylation is 1. The standard InChI is InChI=1S/C18H19N5/c1-3-14-15(19-8-1)5-9-20-17(14)23-10-2-6-18(12-23)7-4-13-11-21-22-16(13)18/h1,3,5,8-9,11H,2,4,6-7,10,12H2,(H,21,22). The minimum atomic E-state index is 0.218. The average molecular weight is 305 g/mol. The van der Waals surface area contributed by atoms with Gasteiger partial charge in [0, 0.05) is 42.0 Å². The van der Waals surface area contributed by atoms with E-state index >= 15 is 0 Å². The first-order valence-corrected chi connectivity index (χ1v) is 8.33. The first kappa shape index (κ1) is 13.0. The molecule has 1 spiro atoms. The average Bonchev–Trinajstić information content (AvgIpc) is 3.20. The fraction of sp³-hybridized carbons (Fsp3) is 0.389. The summed E-state index contributed by atoms with van der Waals surface area (Å²) in [7, 11) is 0. The third-order valence-electron chi connectivity index (χ3n) is 5.51. The molecule has 3 aromatic rings. The van der Waals surface area contributed by atoms with Gasteiger partial charge in [-0.2, -0.15) is 5.10 Å².